The van der Waals surface area contributed by atoms with Crippen LogP contribution in [0.3, 0.4) is 0 Å². The Morgan fingerprint density at radius 1 is 1.46 bits per heavy atom. The standard InChI is InChI=1S/C20H24N4O2/c1-13-3-5-17-16(9-13)14(10-21-17)4-6-19(25)23-18-7-8-26-20(18)15-11-22-24(2)12-15/h3,5,9-12,18,20-21H,4,6-8H2,1-2H3,(H,23,25)/t18-,20+/m0/s1. The van der Waals surface area contributed by atoms with Gasteiger partial charge in [0.15, 0.2) is 0 Å². The summed E-state index contributed by atoms with van der Waals surface area (Å²) in [5, 5.41) is 8.55. The van der Waals surface area contributed by atoms with E-state index in [4.69, 9.17) is 4.74 Å². The summed E-state index contributed by atoms with van der Waals surface area (Å²) >= 11 is 0. The minimum Gasteiger partial charge on any atom is -0.371 e. The van der Waals surface area contributed by atoms with Gasteiger partial charge in [0.2, 0.25) is 5.91 Å². The van der Waals surface area contributed by atoms with Crippen LogP contribution in [0.25, 0.3) is 10.9 Å². The molecule has 0 saturated carbocycles. The number of aryl methyl sites for hydroxylation is 3. The van der Waals surface area contributed by atoms with Gasteiger partial charge < -0.3 is 15.0 Å². The third kappa shape index (κ3) is 3.37. The van der Waals surface area contributed by atoms with E-state index in [1.807, 2.05) is 25.6 Å². The number of rotatable bonds is 5. The summed E-state index contributed by atoms with van der Waals surface area (Å²) in [6.07, 6.45) is 7.68. The van der Waals surface area contributed by atoms with Crippen molar-refractivity contribution in [3.63, 3.8) is 0 Å². The first kappa shape index (κ1) is 16.8. The van der Waals surface area contributed by atoms with Gasteiger partial charge in [-0.15, -0.1) is 0 Å². The molecular formula is C20H24N4O2. The number of hydrogen-bond donors (Lipinski definition) is 2. The summed E-state index contributed by atoms with van der Waals surface area (Å²) in [6.45, 7) is 2.74. The first-order valence-corrected chi connectivity index (χ1v) is 9.06. The molecule has 3 aromatic rings. The molecule has 6 heteroatoms. The maximum atomic E-state index is 12.5. The van der Waals surface area contributed by atoms with Crippen LogP contribution in [0.2, 0.25) is 0 Å². The zero-order chi connectivity index (χ0) is 18.1. The van der Waals surface area contributed by atoms with Gasteiger partial charge in [-0.2, -0.15) is 5.10 Å². The van der Waals surface area contributed by atoms with Crippen LogP contribution in [-0.4, -0.2) is 33.3 Å². The fraction of sp³-hybridized carbons (Fsp3) is 0.400. The summed E-state index contributed by atoms with van der Waals surface area (Å²) in [7, 11) is 1.88. The van der Waals surface area contributed by atoms with Crippen LogP contribution in [0.1, 0.15) is 35.6 Å². The molecule has 136 valence electrons. The molecule has 3 heterocycles. The summed E-state index contributed by atoms with van der Waals surface area (Å²) in [4.78, 5) is 15.8. The molecule has 2 N–H and O–H groups in total. The molecule has 1 fully saturated rings. The Bertz CT molecular complexity index is 927. The van der Waals surface area contributed by atoms with Crippen LogP contribution in [0.5, 0.6) is 0 Å². The van der Waals surface area contributed by atoms with Crippen LogP contribution < -0.4 is 5.32 Å². The van der Waals surface area contributed by atoms with Gasteiger partial charge in [0.05, 0.1) is 12.2 Å². The molecule has 0 unspecified atom stereocenters. The lowest BCUT2D eigenvalue weighted by Gasteiger charge is -2.18. The fourth-order valence-corrected chi connectivity index (χ4v) is 3.68. The number of nitrogens with one attached hydrogen (secondary N) is 2. The summed E-state index contributed by atoms with van der Waals surface area (Å²) in [5.74, 6) is 0.0661. The highest BCUT2D eigenvalue weighted by Gasteiger charge is 2.31. The third-order valence-electron chi connectivity index (χ3n) is 5.04. The van der Waals surface area contributed by atoms with Gasteiger partial charge in [-0.25, -0.2) is 0 Å². The van der Waals surface area contributed by atoms with Crippen molar-refractivity contribution < 1.29 is 9.53 Å². The molecule has 0 aliphatic carbocycles. The van der Waals surface area contributed by atoms with E-state index in [-0.39, 0.29) is 18.1 Å². The van der Waals surface area contributed by atoms with Gasteiger partial charge in [0.25, 0.3) is 0 Å². The Kier molecular flexibility index (Phi) is 4.51. The number of fused-ring (bicyclic) bond motifs is 1. The van der Waals surface area contributed by atoms with Crippen molar-refractivity contribution in [2.75, 3.05) is 6.61 Å². The topological polar surface area (TPSA) is 71.9 Å². The zero-order valence-electron chi connectivity index (χ0n) is 15.2. The molecule has 2 atom stereocenters. The number of nitrogens with zero attached hydrogens (tertiary/aromatic N) is 2. The second kappa shape index (κ2) is 6.96. The lowest BCUT2D eigenvalue weighted by atomic mass is 10.0. The van der Waals surface area contributed by atoms with Crippen molar-refractivity contribution in [3.8, 4) is 0 Å². The normalized spacial score (nSPS) is 19.9. The van der Waals surface area contributed by atoms with Crippen molar-refractivity contribution in [2.45, 2.75) is 38.3 Å². The van der Waals surface area contributed by atoms with E-state index in [1.54, 1.807) is 4.68 Å². The lowest BCUT2D eigenvalue weighted by molar-refractivity contribution is -0.122. The Labute approximate surface area is 152 Å². The van der Waals surface area contributed by atoms with Crippen LogP contribution in [0.15, 0.2) is 36.8 Å². The molecule has 26 heavy (non-hydrogen) atoms. The quantitative estimate of drug-likeness (QED) is 0.742. The predicted molar refractivity (Wildman–Crippen MR) is 99.8 cm³/mol. The van der Waals surface area contributed by atoms with Crippen molar-refractivity contribution in [3.05, 3.63) is 53.5 Å². The average molecular weight is 352 g/mol. The maximum Gasteiger partial charge on any atom is 0.220 e. The number of benzene rings is 1. The SMILES string of the molecule is Cc1ccc2[nH]cc(CCC(=O)N[C@H]3CCO[C@@H]3c3cnn(C)c3)c2c1. The zero-order valence-corrected chi connectivity index (χ0v) is 15.2. The Hall–Kier alpha value is -2.60. The van der Waals surface area contributed by atoms with Crippen molar-refractivity contribution in [1.29, 1.82) is 0 Å². The summed E-state index contributed by atoms with van der Waals surface area (Å²) in [5.41, 5.74) is 4.55. The molecule has 1 saturated heterocycles. The van der Waals surface area contributed by atoms with Crippen LogP contribution in [0, 0.1) is 6.92 Å². The molecule has 6 nitrogen and oxygen atoms in total. The van der Waals surface area contributed by atoms with E-state index in [9.17, 15) is 4.79 Å². The Balaban J connectivity index is 1.38. The number of carbonyl (C=O) groups is 1. The van der Waals surface area contributed by atoms with Crippen LogP contribution in [-0.2, 0) is 23.0 Å². The number of aromatic amines is 1. The monoisotopic (exact) mass is 352 g/mol. The highest BCUT2D eigenvalue weighted by atomic mass is 16.5. The predicted octanol–water partition coefficient (Wildman–Crippen LogP) is 2.79. The number of carbonyl (C=O) groups excluding carboxylic acids is 1. The number of hydrogen-bond acceptors (Lipinski definition) is 3. The van der Waals surface area contributed by atoms with Crippen molar-refractivity contribution >= 4 is 16.8 Å². The number of aromatic nitrogens is 3. The van der Waals surface area contributed by atoms with Gasteiger partial charge in [0, 0.05) is 48.9 Å². The van der Waals surface area contributed by atoms with E-state index in [0.29, 0.717) is 13.0 Å². The fourth-order valence-electron chi connectivity index (χ4n) is 3.68. The third-order valence-corrected chi connectivity index (χ3v) is 5.04. The first-order valence-electron chi connectivity index (χ1n) is 9.06. The number of ether oxygens (including phenoxy) is 1. The Morgan fingerprint density at radius 3 is 3.15 bits per heavy atom. The molecule has 1 amide bonds. The molecule has 0 spiro atoms. The average Bonchev–Trinajstić information content (AvgIpc) is 3.33. The molecule has 0 radical (unpaired) electrons. The highest BCUT2D eigenvalue weighted by Crippen LogP contribution is 2.29. The smallest absolute Gasteiger partial charge is 0.220 e. The van der Waals surface area contributed by atoms with Gasteiger partial charge in [-0.05, 0) is 37.5 Å². The van der Waals surface area contributed by atoms with E-state index < -0.39 is 0 Å². The number of amides is 1. The highest BCUT2D eigenvalue weighted by molar-refractivity contribution is 5.85. The minimum absolute atomic E-state index is 0.0110. The second-order valence-electron chi connectivity index (χ2n) is 7.06. The lowest BCUT2D eigenvalue weighted by Crippen LogP contribution is -2.36. The second-order valence-corrected chi connectivity index (χ2v) is 7.06. The van der Waals surface area contributed by atoms with E-state index in [0.717, 1.165) is 23.9 Å². The molecule has 1 aliphatic heterocycles. The van der Waals surface area contributed by atoms with E-state index in [2.05, 4.69) is 40.5 Å². The maximum absolute atomic E-state index is 12.5. The summed E-state index contributed by atoms with van der Waals surface area (Å²) < 4.78 is 7.57. The molecule has 2 aromatic heterocycles. The van der Waals surface area contributed by atoms with Crippen LogP contribution >= 0.6 is 0 Å². The molecular weight excluding hydrogens is 328 g/mol. The van der Waals surface area contributed by atoms with Gasteiger partial charge in [-0.3, -0.25) is 9.48 Å². The largest absolute Gasteiger partial charge is 0.371 e. The van der Waals surface area contributed by atoms with Gasteiger partial charge in [-0.1, -0.05) is 11.6 Å². The van der Waals surface area contributed by atoms with Crippen LogP contribution in [0.4, 0.5) is 0 Å². The number of H-pyrrole nitrogens is 1. The van der Waals surface area contributed by atoms with E-state index >= 15 is 0 Å². The molecule has 0 bridgehead atoms. The van der Waals surface area contributed by atoms with Gasteiger partial charge >= 0.3 is 0 Å². The summed E-state index contributed by atoms with van der Waals surface area (Å²) in [6, 6.07) is 6.36. The van der Waals surface area contributed by atoms with Crippen molar-refractivity contribution in [2.24, 2.45) is 7.05 Å². The molecule has 1 aliphatic rings. The minimum atomic E-state index is -0.108. The van der Waals surface area contributed by atoms with E-state index in [1.165, 1.54) is 16.5 Å². The first-order chi connectivity index (χ1) is 12.6. The van der Waals surface area contributed by atoms with Gasteiger partial charge in [0.1, 0.15) is 6.10 Å². The Morgan fingerprint density at radius 2 is 2.35 bits per heavy atom. The van der Waals surface area contributed by atoms with Crippen molar-refractivity contribution in [1.82, 2.24) is 20.1 Å². The molecule has 4 rings (SSSR count). The molecule has 1 aromatic carbocycles.